The van der Waals surface area contributed by atoms with Crippen LogP contribution in [0, 0.1) is 0 Å². The van der Waals surface area contributed by atoms with Gasteiger partial charge >= 0.3 is 17.9 Å². The summed E-state index contributed by atoms with van der Waals surface area (Å²) in [6, 6.07) is 0. The van der Waals surface area contributed by atoms with Crippen molar-refractivity contribution in [2.45, 2.75) is 271 Å². The van der Waals surface area contributed by atoms with Crippen molar-refractivity contribution >= 4 is 17.9 Å². The average Bonchev–Trinajstić information content (AvgIpc) is 3.45. The second-order valence-electron chi connectivity index (χ2n) is 20.6. The van der Waals surface area contributed by atoms with Gasteiger partial charge in [-0.05, 0) is 128 Å². The van der Waals surface area contributed by atoms with Crippen LogP contribution < -0.4 is 0 Å². The number of carbonyl (C=O) groups excluding carboxylic acids is 3. The Labute approximate surface area is 486 Å². The third-order valence-electron chi connectivity index (χ3n) is 13.0. The molecule has 0 heterocycles. The minimum atomic E-state index is -0.804. The lowest BCUT2D eigenvalue weighted by atomic mass is 10.0. The molecule has 1 atom stereocenters. The van der Waals surface area contributed by atoms with Crippen molar-refractivity contribution in [3.63, 3.8) is 0 Å². The maximum absolute atomic E-state index is 12.8. The van der Waals surface area contributed by atoms with E-state index in [4.69, 9.17) is 14.2 Å². The maximum Gasteiger partial charge on any atom is 0.306 e. The number of esters is 3. The Balaban J connectivity index is 4.08. The van der Waals surface area contributed by atoms with Crippen molar-refractivity contribution < 1.29 is 28.6 Å². The summed E-state index contributed by atoms with van der Waals surface area (Å²) in [6.07, 6.45) is 95.9. The van der Waals surface area contributed by atoms with Crippen LogP contribution in [0.1, 0.15) is 265 Å². The van der Waals surface area contributed by atoms with Crippen LogP contribution in [0.5, 0.6) is 0 Å². The predicted octanol–water partition coefficient (Wildman–Crippen LogP) is 22.1. The highest BCUT2D eigenvalue weighted by Crippen LogP contribution is 2.15. The Morgan fingerprint density at radius 1 is 0.266 bits per heavy atom. The van der Waals surface area contributed by atoms with Crippen LogP contribution in [0.2, 0.25) is 0 Å². The number of hydrogen-bond donors (Lipinski definition) is 0. The summed E-state index contributed by atoms with van der Waals surface area (Å²) in [6.45, 7) is 6.28. The van der Waals surface area contributed by atoms with E-state index in [-0.39, 0.29) is 37.5 Å². The molecule has 6 nitrogen and oxygen atoms in total. The fourth-order valence-corrected chi connectivity index (χ4v) is 8.31. The van der Waals surface area contributed by atoms with Gasteiger partial charge in [-0.1, -0.05) is 275 Å². The molecule has 1 unspecified atom stereocenters. The van der Waals surface area contributed by atoms with Gasteiger partial charge in [0.1, 0.15) is 13.2 Å². The highest BCUT2D eigenvalue weighted by molar-refractivity contribution is 5.71. The van der Waals surface area contributed by atoms with E-state index in [0.717, 1.165) is 148 Å². The van der Waals surface area contributed by atoms with Crippen LogP contribution in [-0.4, -0.2) is 37.2 Å². The first kappa shape index (κ1) is 74.0. The summed E-state index contributed by atoms with van der Waals surface area (Å²) < 4.78 is 16.7. The van der Waals surface area contributed by atoms with Crippen LogP contribution in [0.15, 0.2) is 158 Å². The molecule has 0 aliphatic heterocycles. The highest BCUT2D eigenvalue weighted by atomic mass is 16.6. The van der Waals surface area contributed by atoms with Crippen LogP contribution in [0.25, 0.3) is 0 Å². The number of allylic oxidation sites excluding steroid dienone is 26. The molecule has 0 aromatic rings. The Morgan fingerprint density at radius 2 is 0.494 bits per heavy atom. The molecular formula is C73H116O6. The largest absolute Gasteiger partial charge is 0.462 e. The molecule has 0 aromatic carbocycles. The normalized spacial score (nSPS) is 13.2. The number of unbranched alkanes of at least 4 members (excludes halogenated alkanes) is 19. The van der Waals surface area contributed by atoms with E-state index in [9.17, 15) is 14.4 Å². The smallest absolute Gasteiger partial charge is 0.306 e. The molecule has 0 spiro atoms. The van der Waals surface area contributed by atoms with Crippen molar-refractivity contribution in [2.24, 2.45) is 0 Å². The van der Waals surface area contributed by atoms with Crippen LogP contribution >= 0.6 is 0 Å². The van der Waals surface area contributed by atoms with E-state index in [1.54, 1.807) is 0 Å². The SMILES string of the molecule is CC/C=C\C/C=C\C/C=C\C/C=C\C/C=C\C/C=C\C/C=C\CCCCCCCCCCCCCCCC(=O)OCC(COC(=O)CCCCCCC)OC(=O)CCCC/C=C\C/C=C\C/C=C\C/C=C\C/C=C\C/C=C\CC. The molecule has 0 saturated carbocycles. The molecule has 79 heavy (non-hydrogen) atoms. The maximum atomic E-state index is 12.8. The lowest BCUT2D eigenvalue weighted by Gasteiger charge is -2.18. The van der Waals surface area contributed by atoms with Gasteiger partial charge in [-0.15, -0.1) is 0 Å². The first-order valence-electron chi connectivity index (χ1n) is 32.0. The topological polar surface area (TPSA) is 78.9 Å². The standard InChI is InChI=1S/C73H116O6/c1-4-7-10-13-15-17-19-21-23-25-27-29-30-31-32-33-34-35-36-37-38-39-40-41-42-44-45-47-49-51-53-55-57-60-63-66-72(75)78-69-70(68-77-71(74)65-62-59-12-9-6-3)79-73(76)67-64-61-58-56-54-52-50-48-46-43-28-26-24-22-20-18-16-14-11-8-5-2/h7-8,10-11,15-18,21-24,27-29,31-32,34-35,37-38,43,48,50,54,56,70H,4-6,9,12-14,19-20,25-26,30,33,36,39-42,44-47,49,51-53,55,57-69H2,1-3H3/b10-7-,11-8-,17-15-,18-16-,23-21-,24-22-,29-27-,32-31-,35-34-,38-37-,43-28-,50-48-,56-54-. The summed E-state index contributed by atoms with van der Waals surface area (Å²) in [5.41, 5.74) is 0. The molecule has 0 bridgehead atoms. The molecule has 0 amide bonds. The first-order valence-corrected chi connectivity index (χ1v) is 32.0. The van der Waals surface area contributed by atoms with E-state index >= 15 is 0 Å². The third kappa shape index (κ3) is 63.7. The predicted molar refractivity (Wildman–Crippen MR) is 343 cm³/mol. The Hall–Kier alpha value is -4.97. The van der Waals surface area contributed by atoms with Crippen molar-refractivity contribution in [1.82, 2.24) is 0 Å². The summed E-state index contributed by atoms with van der Waals surface area (Å²) in [5, 5.41) is 0. The quantitative estimate of drug-likeness (QED) is 0.0261. The number of ether oxygens (including phenoxy) is 3. The van der Waals surface area contributed by atoms with Crippen molar-refractivity contribution in [1.29, 1.82) is 0 Å². The van der Waals surface area contributed by atoms with Gasteiger partial charge in [-0.3, -0.25) is 14.4 Å². The fourth-order valence-electron chi connectivity index (χ4n) is 8.31. The zero-order chi connectivity index (χ0) is 57.1. The minimum absolute atomic E-state index is 0.101. The van der Waals surface area contributed by atoms with E-state index in [1.807, 2.05) is 0 Å². The van der Waals surface area contributed by atoms with Gasteiger partial charge in [0.2, 0.25) is 0 Å². The van der Waals surface area contributed by atoms with Crippen LogP contribution in [-0.2, 0) is 28.6 Å². The van der Waals surface area contributed by atoms with Crippen molar-refractivity contribution in [3.8, 4) is 0 Å². The molecule has 0 aromatic heterocycles. The molecule has 0 radical (unpaired) electrons. The van der Waals surface area contributed by atoms with E-state index in [2.05, 4.69) is 179 Å². The van der Waals surface area contributed by atoms with Gasteiger partial charge in [-0.25, -0.2) is 0 Å². The molecule has 0 rings (SSSR count). The van der Waals surface area contributed by atoms with Gasteiger partial charge in [0.15, 0.2) is 6.10 Å². The molecule has 0 aliphatic rings. The van der Waals surface area contributed by atoms with Gasteiger partial charge in [0, 0.05) is 19.3 Å². The fraction of sp³-hybridized carbons (Fsp3) is 0.603. The van der Waals surface area contributed by atoms with Crippen molar-refractivity contribution in [3.05, 3.63) is 158 Å². The summed E-state index contributed by atoms with van der Waals surface area (Å²) in [7, 11) is 0. The molecule has 0 aliphatic carbocycles. The van der Waals surface area contributed by atoms with E-state index in [1.165, 1.54) is 70.6 Å². The Morgan fingerprint density at radius 3 is 0.797 bits per heavy atom. The van der Waals surface area contributed by atoms with Gasteiger partial charge in [-0.2, -0.15) is 0 Å². The molecule has 6 heteroatoms. The summed E-state index contributed by atoms with van der Waals surface area (Å²) in [5.74, 6) is -0.963. The minimum Gasteiger partial charge on any atom is -0.462 e. The van der Waals surface area contributed by atoms with Crippen LogP contribution in [0.3, 0.4) is 0 Å². The molecule has 0 N–H and O–H groups in total. The molecule has 444 valence electrons. The number of carbonyl (C=O) groups is 3. The highest BCUT2D eigenvalue weighted by Gasteiger charge is 2.19. The van der Waals surface area contributed by atoms with E-state index < -0.39 is 6.10 Å². The lowest BCUT2D eigenvalue weighted by Crippen LogP contribution is -2.30. The zero-order valence-electron chi connectivity index (χ0n) is 50.8. The number of rotatable bonds is 56. The summed E-state index contributed by atoms with van der Waals surface area (Å²) >= 11 is 0. The molecular weight excluding hydrogens is 973 g/mol. The van der Waals surface area contributed by atoms with Crippen LogP contribution in [0.4, 0.5) is 0 Å². The van der Waals surface area contributed by atoms with Gasteiger partial charge in [0.05, 0.1) is 0 Å². The first-order chi connectivity index (χ1) is 39.0. The lowest BCUT2D eigenvalue weighted by molar-refractivity contribution is -0.167. The van der Waals surface area contributed by atoms with Gasteiger partial charge in [0.25, 0.3) is 0 Å². The Bertz CT molecular complexity index is 1780. The third-order valence-corrected chi connectivity index (χ3v) is 13.0. The molecule has 0 fully saturated rings. The Kier molecular flexibility index (Phi) is 61.4. The van der Waals surface area contributed by atoms with Gasteiger partial charge < -0.3 is 14.2 Å². The monoisotopic (exact) mass is 1090 g/mol. The second-order valence-corrected chi connectivity index (χ2v) is 20.6. The molecule has 0 saturated heterocycles. The van der Waals surface area contributed by atoms with Crippen molar-refractivity contribution in [2.75, 3.05) is 13.2 Å². The van der Waals surface area contributed by atoms with E-state index in [0.29, 0.717) is 19.3 Å². The number of hydrogen-bond acceptors (Lipinski definition) is 6. The summed E-state index contributed by atoms with van der Waals surface area (Å²) in [4.78, 5) is 37.9. The second kappa shape index (κ2) is 65.5. The average molecular weight is 1090 g/mol. The zero-order valence-corrected chi connectivity index (χ0v) is 50.8.